The Morgan fingerprint density at radius 3 is 2.18 bits per heavy atom. The molecule has 0 aliphatic heterocycles. The van der Waals surface area contributed by atoms with Crippen molar-refractivity contribution in [1.82, 2.24) is 0 Å². The molecule has 0 bridgehead atoms. The summed E-state index contributed by atoms with van der Waals surface area (Å²) in [5.74, 6) is 0.0211. The minimum atomic E-state index is -1.87. The van der Waals surface area contributed by atoms with E-state index in [1.165, 1.54) is 7.11 Å². The van der Waals surface area contributed by atoms with Crippen molar-refractivity contribution >= 4 is 14.3 Å². The molecule has 0 aliphatic rings. The first-order valence-electron chi connectivity index (χ1n) is 7.94. The van der Waals surface area contributed by atoms with Gasteiger partial charge < -0.3 is 14.3 Å². The van der Waals surface area contributed by atoms with Crippen LogP contribution in [0.5, 0.6) is 0 Å². The number of methoxy groups -OCH3 is 1. The van der Waals surface area contributed by atoms with Gasteiger partial charge >= 0.3 is 5.97 Å². The van der Waals surface area contributed by atoms with E-state index in [-0.39, 0.29) is 17.4 Å². The van der Waals surface area contributed by atoms with Crippen LogP contribution in [0.2, 0.25) is 18.1 Å². The average Bonchev–Trinajstić information content (AvgIpc) is 2.42. The standard InChI is InChI=1S/C17H34O4Si/c1-12(2)17(5,6)22(8,9)21-11-14(4)13(3)10-15(18)16(19)20-7/h12,14-15,18H,3,10-11H2,1-2,4-9H3/t14-,15+/m1/s1. The third-order valence-electron chi connectivity index (χ3n) is 5.31. The molecule has 0 heterocycles. The summed E-state index contributed by atoms with van der Waals surface area (Å²) in [7, 11) is -0.600. The highest BCUT2D eigenvalue weighted by atomic mass is 28.4. The fourth-order valence-corrected chi connectivity index (χ4v) is 4.43. The van der Waals surface area contributed by atoms with Crippen LogP contribution in [0.15, 0.2) is 12.2 Å². The maximum absolute atomic E-state index is 11.3. The molecule has 5 heteroatoms. The molecule has 0 radical (unpaired) electrons. The van der Waals surface area contributed by atoms with Crippen molar-refractivity contribution in [1.29, 1.82) is 0 Å². The van der Waals surface area contributed by atoms with Crippen molar-refractivity contribution in [2.24, 2.45) is 11.8 Å². The third-order valence-corrected chi connectivity index (χ3v) is 9.88. The molecule has 22 heavy (non-hydrogen) atoms. The normalized spacial score (nSPS) is 15.5. The van der Waals surface area contributed by atoms with Gasteiger partial charge in [-0.2, -0.15) is 0 Å². The molecule has 0 aromatic rings. The van der Waals surface area contributed by atoms with Gasteiger partial charge in [-0.15, -0.1) is 0 Å². The van der Waals surface area contributed by atoms with Crippen LogP contribution in [-0.4, -0.2) is 39.2 Å². The highest BCUT2D eigenvalue weighted by Gasteiger charge is 2.43. The molecule has 0 unspecified atom stereocenters. The molecule has 0 spiro atoms. The van der Waals surface area contributed by atoms with Crippen molar-refractivity contribution in [3.63, 3.8) is 0 Å². The molecule has 0 fully saturated rings. The van der Waals surface area contributed by atoms with Crippen LogP contribution in [0, 0.1) is 11.8 Å². The van der Waals surface area contributed by atoms with Crippen LogP contribution in [0.25, 0.3) is 0 Å². The summed E-state index contributed by atoms with van der Waals surface area (Å²) in [4.78, 5) is 11.3. The van der Waals surface area contributed by atoms with Gasteiger partial charge in [0.2, 0.25) is 0 Å². The first-order chi connectivity index (χ1) is 9.86. The van der Waals surface area contributed by atoms with Gasteiger partial charge in [0.15, 0.2) is 14.4 Å². The third kappa shape index (κ3) is 5.52. The van der Waals surface area contributed by atoms with E-state index in [9.17, 15) is 9.90 Å². The molecule has 0 aromatic heterocycles. The van der Waals surface area contributed by atoms with Gasteiger partial charge in [-0.1, -0.05) is 46.8 Å². The zero-order valence-corrected chi connectivity index (χ0v) is 16.5. The van der Waals surface area contributed by atoms with E-state index in [1.54, 1.807) is 0 Å². The summed E-state index contributed by atoms with van der Waals surface area (Å²) in [6.45, 7) is 20.0. The first-order valence-corrected chi connectivity index (χ1v) is 10.8. The van der Waals surface area contributed by atoms with Gasteiger partial charge in [0.05, 0.1) is 7.11 Å². The Hall–Kier alpha value is -0.653. The van der Waals surface area contributed by atoms with Crippen LogP contribution in [0.3, 0.4) is 0 Å². The van der Waals surface area contributed by atoms with Crippen molar-refractivity contribution in [2.45, 2.75) is 65.3 Å². The maximum atomic E-state index is 11.3. The van der Waals surface area contributed by atoms with Gasteiger partial charge in [0.25, 0.3) is 0 Å². The number of aliphatic hydroxyl groups is 1. The molecule has 0 amide bonds. The topological polar surface area (TPSA) is 55.8 Å². The first kappa shape index (κ1) is 21.3. The number of hydrogen-bond acceptors (Lipinski definition) is 4. The van der Waals surface area contributed by atoms with Crippen molar-refractivity contribution in [3.8, 4) is 0 Å². The SMILES string of the molecule is C=C(C[C@H](O)C(=O)OC)[C@H](C)CO[Si](C)(C)C(C)(C)C(C)C. The Kier molecular flexibility index (Phi) is 8.02. The second-order valence-corrected chi connectivity index (χ2v) is 12.1. The van der Waals surface area contributed by atoms with Crippen LogP contribution < -0.4 is 0 Å². The molecule has 0 saturated heterocycles. The Balaban J connectivity index is 4.58. The summed E-state index contributed by atoms with van der Waals surface area (Å²) in [5, 5.41) is 9.87. The second kappa shape index (κ2) is 8.27. The summed E-state index contributed by atoms with van der Waals surface area (Å²) < 4.78 is 10.8. The monoisotopic (exact) mass is 330 g/mol. The summed E-state index contributed by atoms with van der Waals surface area (Å²) in [5.41, 5.74) is 0.810. The number of aliphatic hydroxyl groups excluding tert-OH is 1. The fraction of sp³-hybridized carbons (Fsp3) is 0.824. The minimum absolute atomic E-state index is 0.0917. The molecule has 0 saturated carbocycles. The lowest BCUT2D eigenvalue weighted by atomic mass is 9.98. The van der Waals surface area contributed by atoms with Crippen LogP contribution >= 0.6 is 0 Å². The molecular formula is C17H34O4Si. The number of carbonyl (C=O) groups is 1. The van der Waals surface area contributed by atoms with E-state index in [0.717, 1.165) is 5.57 Å². The predicted octanol–water partition coefficient (Wildman–Crippen LogP) is 3.76. The molecule has 0 aliphatic carbocycles. The summed E-state index contributed by atoms with van der Waals surface area (Å²) in [6, 6.07) is 0. The average molecular weight is 331 g/mol. The van der Waals surface area contributed by atoms with Crippen LogP contribution in [-0.2, 0) is 14.0 Å². The Morgan fingerprint density at radius 1 is 1.27 bits per heavy atom. The smallest absolute Gasteiger partial charge is 0.335 e. The van der Waals surface area contributed by atoms with Gasteiger partial charge in [-0.3, -0.25) is 0 Å². The van der Waals surface area contributed by atoms with Crippen LogP contribution in [0.1, 0.15) is 41.0 Å². The highest BCUT2D eigenvalue weighted by Crippen LogP contribution is 2.44. The molecule has 1 N–H and O–H groups in total. The van der Waals surface area contributed by atoms with E-state index in [4.69, 9.17) is 4.43 Å². The number of ether oxygens (including phenoxy) is 1. The number of hydrogen-bond donors (Lipinski definition) is 1. The molecule has 4 nitrogen and oxygen atoms in total. The van der Waals surface area contributed by atoms with Gasteiger partial charge in [-0.05, 0) is 30.0 Å². The van der Waals surface area contributed by atoms with Crippen molar-refractivity contribution in [3.05, 3.63) is 12.2 Å². The van der Waals surface area contributed by atoms with E-state index < -0.39 is 20.4 Å². The Morgan fingerprint density at radius 2 is 1.77 bits per heavy atom. The minimum Gasteiger partial charge on any atom is -0.467 e. The van der Waals surface area contributed by atoms with E-state index in [0.29, 0.717) is 12.5 Å². The second-order valence-electron chi connectivity index (χ2n) is 7.50. The van der Waals surface area contributed by atoms with Gasteiger partial charge in [0.1, 0.15) is 0 Å². The summed E-state index contributed by atoms with van der Waals surface area (Å²) >= 11 is 0. The Labute approximate surface area is 137 Å². The van der Waals surface area contributed by atoms with Crippen LogP contribution in [0.4, 0.5) is 0 Å². The predicted molar refractivity (Wildman–Crippen MR) is 93.3 cm³/mol. The molecule has 0 rings (SSSR count). The number of esters is 1. The number of carbonyl (C=O) groups excluding carboxylic acids is 1. The lowest BCUT2D eigenvalue weighted by Crippen LogP contribution is -2.46. The lowest BCUT2D eigenvalue weighted by molar-refractivity contribution is -0.150. The zero-order chi connectivity index (χ0) is 17.7. The quantitative estimate of drug-likeness (QED) is 0.397. The number of rotatable bonds is 9. The summed E-state index contributed by atoms with van der Waals surface area (Å²) in [6.07, 6.45) is -0.926. The Bertz CT molecular complexity index is 388. The largest absolute Gasteiger partial charge is 0.467 e. The van der Waals surface area contributed by atoms with Crippen molar-refractivity contribution < 1.29 is 19.1 Å². The van der Waals surface area contributed by atoms with E-state index in [1.807, 2.05) is 6.92 Å². The molecule has 130 valence electrons. The van der Waals surface area contributed by atoms with Gasteiger partial charge in [-0.25, -0.2) is 4.79 Å². The van der Waals surface area contributed by atoms with Crippen molar-refractivity contribution in [2.75, 3.05) is 13.7 Å². The van der Waals surface area contributed by atoms with E-state index in [2.05, 4.69) is 52.1 Å². The molecule has 0 aromatic carbocycles. The lowest BCUT2D eigenvalue weighted by Gasteiger charge is -2.43. The molecule has 2 atom stereocenters. The maximum Gasteiger partial charge on any atom is 0.335 e. The zero-order valence-electron chi connectivity index (χ0n) is 15.5. The highest BCUT2D eigenvalue weighted by molar-refractivity contribution is 6.74. The fourth-order valence-electron chi connectivity index (χ4n) is 2.00. The van der Waals surface area contributed by atoms with Gasteiger partial charge in [0, 0.05) is 13.0 Å². The van der Waals surface area contributed by atoms with E-state index >= 15 is 0 Å². The molecular weight excluding hydrogens is 296 g/mol.